The van der Waals surface area contributed by atoms with Gasteiger partial charge in [0.1, 0.15) is 0 Å². The molecule has 336 valence electrons. The van der Waals surface area contributed by atoms with E-state index >= 15 is 0 Å². The minimum atomic E-state index is -0.262. The monoisotopic (exact) mass is 808 g/mol. The fourth-order valence-corrected chi connectivity index (χ4v) is 6.85. The third kappa shape index (κ3) is 43.7. The summed E-state index contributed by atoms with van der Waals surface area (Å²) in [5.41, 5.74) is 0. The maximum Gasteiger partial charge on any atom is 0.305 e. The van der Waals surface area contributed by atoms with Gasteiger partial charge in [-0.3, -0.25) is 9.59 Å². The molecule has 0 radical (unpaired) electrons. The first-order chi connectivity index (χ1) is 28.1. The van der Waals surface area contributed by atoms with Gasteiger partial charge in [0.2, 0.25) is 0 Å². The lowest BCUT2D eigenvalue weighted by Gasteiger charge is -2.21. The van der Waals surface area contributed by atoms with Crippen molar-refractivity contribution in [3.8, 4) is 0 Å². The summed E-state index contributed by atoms with van der Waals surface area (Å²) in [6.45, 7) is 11.8. The van der Waals surface area contributed by atoms with Gasteiger partial charge in [0.25, 0.3) is 0 Å². The Morgan fingerprint density at radius 2 is 0.877 bits per heavy atom. The van der Waals surface area contributed by atoms with Crippen LogP contribution in [0.25, 0.3) is 0 Å². The minimum Gasteiger partial charge on any atom is -0.466 e. The molecule has 0 aromatic heterocycles. The molecule has 0 amide bonds. The van der Waals surface area contributed by atoms with Crippen LogP contribution in [-0.2, 0) is 28.5 Å². The van der Waals surface area contributed by atoms with E-state index in [9.17, 15) is 14.7 Å². The Bertz CT molecular complexity index is 869. The van der Waals surface area contributed by atoms with E-state index in [1.54, 1.807) is 0 Å². The molecule has 0 spiro atoms. The molecule has 57 heavy (non-hydrogen) atoms. The van der Waals surface area contributed by atoms with Gasteiger partial charge in [-0.15, -0.1) is 0 Å². The van der Waals surface area contributed by atoms with Crippen molar-refractivity contribution >= 4 is 11.9 Å². The van der Waals surface area contributed by atoms with E-state index in [4.69, 9.17) is 18.9 Å². The number of carbonyl (C=O) groups is 2. The van der Waals surface area contributed by atoms with Crippen LogP contribution in [0.15, 0.2) is 24.3 Å². The first kappa shape index (κ1) is 55.3. The lowest BCUT2D eigenvalue weighted by Crippen LogP contribution is -2.29. The van der Waals surface area contributed by atoms with Crippen LogP contribution in [-0.4, -0.2) is 80.9 Å². The SMILES string of the molecule is CCCCCC/C=C\COC(CCCCC(=O)OCCCCCCN(CCO)CCCCCCCC(=O)OCCCCCCCCC)OC/C=C\CCCCCC. The summed E-state index contributed by atoms with van der Waals surface area (Å²) in [6.07, 6.45) is 42.3. The topological polar surface area (TPSA) is 94.5 Å². The molecule has 0 aliphatic carbocycles. The third-order valence-electron chi connectivity index (χ3n) is 10.5. The third-order valence-corrected chi connectivity index (χ3v) is 10.5. The fourth-order valence-electron chi connectivity index (χ4n) is 6.85. The number of allylic oxidation sites excluding steroid dienone is 2. The molecule has 0 aliphatic rings. The van der Waals surface area contributed by atoms with Gasteiger partial charge in [0.05, 0.1) is 33.0 Å². The molecule has 0 aliphatic heterocycles. The second kappa shape index (κ2) is 46.9. The number of carbonyl (C=O) groups excluding carboxylic acids is 2. The van der Waals surface area contributed by atoms with Crippen LogP contribution in [0.1, 0.15) is 220 Å². The molecule has 0 atom stereocenters. The fraction of sp³-hybridized carbons (Fsp3) is 0.878. The van der Waals surface area contributed by atoms with Crippen LogP contribution in [0.3, 0.4) is 0 Å². The van der Waals surface area contributed by atoms with Gasteiger partial charge in [-0.05, 0) is 90.1 Å². The van der Waals surface area contributed by atoms with Crippen molar-refractivity contribution in [2.24, 2.45) is 0 Å². The molecule has 1 N–H and O–H groups in total. The van der Waals surface area contributed by atoms with Gasteiger partial charge in [-0.25, -0.2) is 0 Å². The number of hydrogen-bond acceptors (Lipinski definition) is 8. The quantitative estimate of drug-likeness (QED) is 0.0281. The number of rotatable bonds is 46. The van der Waals surface area contributed by atoms with Crippen LogP contribution >= 0.6 is 0 Å². The van der Waals surface area contributed by atoms with Crippen molar-refractivity contribution in [2.75, 3.05) is 52.7 Å². The first-order valence-corrected chi connectivity index (χ1v) is 24.2. The number of hydrogen-bond donors (Lipinski definition) is 1. The Balaban J connectivity index is 4.00. The number of nitrogens with zero attached hydrogens (tertiary/aromatic N) is 1. The highest BCUT2D eigenvalue weighted by Gasteiger charge is 2.10. The van der Waals surface area contributed by atoms with Crippen LogP contribution in [0.5, 0.6) is 0 Å². The molecule has 0 unspecified atom stereocenters. The van der Waals surface area contributed by atoms with Gasteiger partial charge in [-0.1, -0.05) is 154 Å². The average molecular weight is 808 g/mol. The number of ether oxygens (including phenoxy) is 4. The predicted molar refractivity (Wildman–Crippen MR) is 240 cm³/mol. The molecule has 8 heteroatoms. The van der Waals surface area contributed by atoms with E-state index in [1.165, 1.54) is 83.5 Å². The van der Waals surface area contributed by atoms with Crippen molar-refractivity contribution in [2.45, 2.75) is 226 Å². The van der Waals surface area contributed by atoms with E-state index in [0.717, 1.165) is 116 Å². The summed E-state index contributed by atoms with van der Waals surface area (Å²) in [5.74, 6) is -0.155. The van der Waals surface area contributed by atoms with Gasteiger partial charge < -0.3 is 29.0 Å². The van der Waals surface area contributed by atoms with E-state index in [-0.39, 0.29) is 24.8 Å². The smallest absolute Gasteiger partial charge is 0.305 e. The van der Waals surface area contributed by atoms with Gasteiger partial charge in [-0.2, -0.15) is 0 Å². The van der Waals surface area contributed by atoms with Gasteiger partial charge in [0.15, 0.2) is 6.29 Å². The summed E-state index contributed by atoms with van der Waals surface area (Å²) < 4.78 is 23.0. The van der Waals surface area contributed by atoms with Crippen LogP contribution in [0.4, 0.5) is 0 Å². The number of unbranched alkanes of at least 4 members (excludes halogenated alkanes) is 22. The van der Waals surface area contributed by atoms with Crippen molar-refractivity contribution in [1.29, 1.82) is 0 Å². The molecule has 0 fully saturated rings. The zero-order chi connectivity index (χ0) is 41.5. The highest BCUT2D eigenvalue weighted by atomic mass is 16.7. The van der Waals surface area contributed by atoms with Crippen LogP contribution in [0.2, 0.25) is 0 Å². The zero-order valence-electron chi connectivity index (χ0n) is 37.8. The van der Waals surface area contributed by atoms with E-state index in [1.807, 2.05) is 0 Å². The molecule has 0 saturated carbocycles. The molecular weight excluding hydrogens is 715 g/mol. The Hall–Kier alpha value is -1.74. The summed E-state index contributed by atoms with van der Waals surface area (Å²) in [7, 11) is 0. The van der Waals surface area contributed by atoms with Crippen molar-refractivity contribution in [1.82, 2.24) is 4.90 Å². The molecule has 8 nitrogen and oxygen atoms in total. The van der Waals surface area contributed by atoms with E-state index in [2.05, 4.69) is 50.0 Å². The first-order valence-electron chi connectivity index (χ1n) is 24.2. The van der Waals surface area contributed by atoms with Crippen molar-refractivity contribution in [3.63, 3.8) is 0 Å². The summed E-state index contributed by atoms with van der Waals surface area (Å²) in [5, 5.41) is 9.54. The highest BCUT2D eigenvalue weighted by molar-refractivity contribution is 5.69. The summed E-state index contributed by atoms with van der Waals surface area (Å²) in [4.78, 5) is 26.7. The largest absolute Gasteiger partial charge is 0.466 e. The van der Waals surface area contributed by atoms with Gasteiger partial charge in [0, 0.05) is 19.4 Å². The maximum atomic E-state index is 12.4. The number of esters is 2. The Kier molecular flexibility index (Phi) is 45.5. The van der Waals surface area contributed by atoms with Crippen LogP contribution in [0, 0.1) is 0 Å². The standard InChI is InChI=1S/C49H93NO7/c1-4-7-10-13-16-23-32-43-54-47(52)36-27-20-19-21-30-39-50(41-42-51)40-31-22-26-33-44-55-48(53)37-28-29-38-49(56-45-34-24-17-14-11-8-5-2)57-46-35-25-18-15-12-9-6-3/h24-25,34-35,49,51H,4-23,26-33,36-46H2,1-3H3/b34-24-,35-25-. The minimum absolute atomic E-state index is 0.0425. The molecule has 0 bridgehead atoms. The number of aliphatic hydroxyl groups excluding tert-OH is 1. The Morgan fingerprint density at radius 3 is 1.35 bits per heavy atom. The highest BCUT2D eigenvalue weighted by Crippen LogP contribution is 2.13. The maximum absolute atomic E-state index is 12.4. The second-order valence-corrected chi connectivity index (χ2v) is 16.0. The van der Waals surface area contributed by atoms with Gasteiger partial charge >= 0.3 is 11.9 Å². The summed E-state index contributed by atoms with van der Waals surface area (Å²) in [6, 6.07) is 0. The van der Waals surface area contributed by atoms with Crippen molar-refractivity contribution in [3.05, 3.63) is 24.3 Å². The van der Waals surface area contributed by atoms with E-state index < -0.39 is 0 Å². The lowest BCUT2D eigenvalue weighted by molar-refractivity contribution is -0.145. The molecule has 0 aromatic rings. The second-order valence-electron chi connectivity index (χ2n) is 16.0. The van der Waals surface area contributed by atoms with Crippen molar-refractivity contribution < 1.29 is 33.6 Å². The predicted octanol–water partition coefficient (Wildman–Crippen LogP) is 13.0. The van der Waals surface area contributed by atoms with Crippen LogP contribution < -0.4 is 0 Å². The lowest BCUT2D eigenvalue weighted by atomic mass is 10.1. The molecule has 0 rings (SSSR count). The molecule has 0 saturated heterocycles. The normalized spacial score (nSPS) is 11.9. The Morgan fingerprint density at radius 1 is 0.474 bits per heavy atom. The Labute approximate surface area is 352 Å². The number of aliphatic hydroxyl groups is 1. The van der Waals surface area contributed by atoms with E-state index in [0.29, 0.717) is 45.8 Å². The zero-order valence-corrected chi connectivity index (χ0v) is 37.8. The molecule has 0 heterocycles. The average Bonchev–Trinajstić information content (AvgIpc) is 3.21. The summed E-state index contributed by atoms with van der Waals surface area (Å²) >= 11 is 0. The molecule has 0 aromatic carbocycles. The molecular formula is C49H93NO7.